The zero-order valence-electron chi connectivity index (χ0n) is 12.0. The van der Waals surface area contributed by atoms with E-state index in [-0.39, 0.29) is 12.2 Å². The van der Waals surface area contributed by atoms with Crippen molar-refractivity contribution in [2.45, 2.75) is 19.5 Å². The number of carbonyl (C=O) groups excluding carboxylic acids is 1. The summed E-state index contributed by atoms with van der Waals surface area (Å²) >= 11 is 0. The van der Waals surface area contributed by atoms with Gasteiger partial charge >= 0.3 is 6.03 Å². The second kappa shape index (κ2) is 6.23. The van der Waals surface area contributed by atoms with Crippen LogP contribution in [0.3, 0.4) is 0 Å². The molecular formula is C15H19N3O2. The average Bonchev–Trinajstić information content (AvgIpc) is 2.48. The minimum atomic E-state index is -0.176. The van der Waals surface area contributed by atoms with Crippen molar-refractivity contribution in [2.75, 3.05) is 19.5 Å². The van der Waals surface area contributed by atoms with Crippen molar-refractivity contribution in [3.8, 4) is 5.75 Å². The summed E-state index contributed by atoms with van der Waals surface area (Å²) in [6.45, 7) is 2.00. The van der Waals surface area contributed by atoms with Gasteiger partial charge in [-0.25, -0.2) is 4.79 Å². The first-order valence-corrected chi connectivity index (χ1v) is 6.48. The molecule has 1 aliphatic heterocycles. The van der Waals surface area contributed by atoms with Gasteiger partial charge in [-0.2, -0.15) is 0 Å². The maximum Gasteiger partial charge on any atom is 0.323 e. The fraction of sp³-hybridized carbons (Fsp3) is 0.333. The van der Waals surface area contributed by atoms with Gasteiger partial charge in [0.25, 0.3) is 0 Å². The normalized spacial score (nSPS) is 17.4. The van der Waals surface area contributed by atoms with Gasteiger partial charge < -0.3 is 15.0 Å². The third-order valence-electron chi connectivity index (χ3n) is 3.21. The molecule has 2 rings (SSSR count). The number of benzene rings is 1. The standard InChI is InChI=1S/C15H19N3O2/c1-11-4-9-14(16-10-11)18(2)15(19)17-12-5-7-13(20-3)8-6-12/h4-8,10,14H,9H2,1-3H3,(H,17,19). The Balaban J connectivity index is 1.95. The molecule has 0 aromatic heterocycles. The van der Waals surface area contributed by atoms with Crippen LogP contribution in [0, 0.1) is 0 Å². The lowest BCUT2D eigenvalue weighted by Crippen LogP contribution is -2.39. The molecule has 5 heteroatoms. The third kappa shape index (κ3) is 3.38. The minimum Gasteiger partial charge on any atom is -0.497 e. The number of methoxy groups -OCH3 is 1. The SMILES string of the molecule is COc1ccc(NC(=O)N(C)C2CC=C(C)C=N2)cc1. The Hall–Kier alpha value is -2.30. The molecule has 0 fully saturated rings. The summed E-state index contributed by atoms with van der Waals surface area (Å²) in [7, 11) is 3.35. The molecule has 1 aliphatic rings. The molecule has 0 aliphatic carbocycles. The van der Waals surface area contributed by atoms with E-state index in [0.29, 0.717) is 0 Å². The first-order chi connectivity index (χ1) is 9.60. The van der Waals surface area contributed by atoms with E-state index in [9.17, 15) is 4.79 Å². The first kappa shape index (κ1) is 14.1. The number of hydrogen-bond donors (Lipinski definition) is 1. The third-order valence-corrected chi connectivity index (χ3v) is 3.21. The molecule has 106 valence electrons. The number of aliphatic imine (C=N–C) groups is 1. The summed E-state index contributed by atoms with van der Waals surface area (Å²) in [4.78, 5) is 18.1. The summed E-state index contributed by atoms with van der Waals surface area (Å²) in [6.07, 6.45) is 4.48. The molecule has 20 heavy (non-hydrogen) atoms. The number of allylic oxidation sites excluding steroid dienone is 1. The van der Waals surface area contributed by atoms with Crippen molar-refractivity contribution in [2.24, 2.45) is 4.99 Å². The molecule has 0 saturated carbocycles. The molecule has 1 heterocycles. The molecule has 1 N–H and O–H groups in total. The van der Waals surface area contributed by atoms with E-state index in [0.717, 1.165) is 23.4 Å². The lowest BCUT2D eigenvalue weighted by molar-refractivity contribution is 0.206. The summed E-state index contributed by atoms with van der Waals surface area (Å²) < 4.78 is 5.08. The number of carbonyl (C=O) groups is 1. The number of ether oxygens (including phenoxy) is 1. The Morgan fingerprint density at radius 3 is 2.65 bits per heavy atom. The number of dihydropyridines is 1. The molecule has 0 radical (unpaired) electrons. The molecule has 1 aromatic carbocycles. The van der Waals surface area contributed by atoms with Gasteiger partial charge in [0.15, 0.2) is 0 Å². The van der Waals surface area contributed by atoms with E-state index >= 15 is 0 Å². The van der Waals surface area contributed by atoms with E-state index in [1.54, 1.807) is 49.5 Å². The summed E-state index contributed by atoms with van der Waals surface area (Å²) in [5.41, 5.74) is 1.86. The Morgan fingerprint density at radius 1 is 1.40 bits per heavy atom. The summed E-state index contributed by atoms with van der Waals surface area (Å²) in [6, 6.07) is 7.05. The summed E-state index contributed by atoms with van der Waals surface area (Å²) in [5.74, 6) is 0.758. The fourth-order valence-corrected chi connectivity index (χ4v) is 1.89. The number of anilines is 1. The average molecular weight is 273 g/mol. The first-order valence-electron chi connectivity index (χ1n) is 6.48. The summed E-state index contributed by atoms with van der Waals surface area (Å²) in [5, 5.41) is 2.84. The number of amides is 2. The predicted octanol–water partition coefficient (Wildman–Crippen LogP) is 2.91. The van der Waals surface area contributed by atoms with Crippen molar-refractivity contribution >= 4 is 17.9 Å². The van der Waals surface area contributed by atoms with Crippen molar-refractivity contribution < 1.29 is 9.53 Å². The van der Waals surface area contributed by atoms with Crippen molar-refractivity contribution in [1.29, 1.82) is 0 Å². The maximum atomic E-state index is 12.1. The molecule has 0 spiro atoms. The molecule has 1 unspecified atom stereocenters. The molecule has 2 amide bonds. The van der Waals surface area contributed by atoms with Crippen LogP contribution in [-0.2, 0) is 0 Å². The molecule has 1 atom stereocenters. The fourth-order valence-electron chi connectivity index (χ4n) is 1.89. The van der Waals surface area contributed by atoms with Crippen molar-refractivity contribution in [3.63, 3.8) is 0 Å². The van der Waals surface area contributed by atoms with Crippen molar-refractivity contribution in [1.82, 2.24) is 4.90 Å². The quantitative estimate of drug-likeness (QED) is 0.920. The van der Waals surface area contributed by atoms with Gasteiger partial charge in [0.2, 0.25) is 0 Å². The molecule has 0 bridgehead atoms. The zero-order valence-corrected chi connectivity index (χ0v) is 12.0. The van der Waals surface area contributed by atoms with E-state index in [1.807, 2.05) is 6.92 Å². The highest BCUT2D eigenvalue weighted by molar-refractivity contribution is 5.89. The van der Waals surface area contributed by atoms with Crippen LogP contribution in [0.1, 0.15) is 13.3 Å². The van der Waals surface area contributed by atoms with E-state index < -0.39 is 0 Å². The highest BCUT2D eigenvalue weighted by atomic mass is 16.5. The van der Waals surface area contributed by atoms with Gasteiger partial charge in [-0.3, -0.25) is 4.99 Å². The molecule has 0 saturated heterocycles. The Labute approximate surface area is 119 Å². The number of nitrogens with one attached hydrogen (secondary N) is 1. The van der Waals surface area contributed by atoms with E-state index in [2.05, 4.69) is 16.4 Å². The number of hydrogen-bond acceptors (Lipinski definition) is 3. The molecule has 5 nitrogen and oxygen atoms in total. The van der Waals surface area contributed by atoms with Gasteiger partial charge in [-0.15, -0.1) is 0 Å². The van der Waals surface area contributed by atoms with Crippen LogP contribution in [0.5, 0.6) is 5.75 Å². The minimum absolute atomic E-state index is 0.142. The topological polar surface area (TPSA) is 53.9 Å². The van der Waals surface area contributed by atoms with Gasteiger partial charge in [0.1, 0.15) is 11.9 Å². The van der Waals surface area contributed by atoms with Crippen LogP contribution in [0.15, 0.2) is 40.9 Å². The Morgan fingerprint density at radius 2 is 2.10 bits per heavy atom. The largest absolute Gasteiger partial charge is 0.497 e. The predicted molar refractivity (Wildman–Crippen MR) is 80.4 cm³/mol. The smallest absolute Gasteiger partial charge is 0.323 e. The second-order valence-electron chi connectivity index (χ2n) is 4.71. The van der Waals surface area contributed by atoms with Crippen LogP contribution in [0.4, 0.5) is 10.5 Å². The highest BCUT2D eigenvalue weighted by Gasteiger charge is 2.19. The molecule has 1 aromatic rings. The number of rotatable bonds is 3. The lowest BCUT2D eigenvalue weighted by atomic mass is 10.2. The highest BCUT2D eigenvalue weighted by Crippen LogP contribution is 2.17. The maximum absolute atomic E-state index is 12.1. The van der Waals surface area contributed by atoms with Crippen LogP contribution in [0.2, 0.25) is 0 Å². The van der Waals surface area contributed by atoms with E-state index in [4.69, 9.17) is 4.74 Å². The van der Waals surface area contributed by atoms with Crippen LogP contribution >= 0.6 is 0 Å². The molecular weight excluding hydrogens is 254 g/mol. The van der Waals surface area contributed by atoms with E-state index in [1.165, 1.54) is 0 Å². The lowest BCUT2D eigenvalue weighted by Gasteiger charge is -2.26. The van der Waals surface area contributed by atoms with Gasteiger partial charge in [0.05, 0.1) is 7.11 Å². The second-order valence-corrected chi connectivity index (χ2v) is 4.71. The van der Waals surface area contributed by atoms with Gasteiger partial charge in [-0.05, 0) is 36.8 Å². The van der Waals surface area contributed by atoms with Crippen LogP contribution in [0.25, 0.3) is 0 Å². The van der Waals surface area contributed by atoms with Crippen LogP contribution in [-0.4, -0.2) is 37.5 Å². The number of nitrogens with zero attached hydrogens (tertiary/aromatic N) is 2. The van der Waals surface area contributed by atoms with Crippen LogP contribution < -0.4 is 10.1 Å². The Kier molecular flexibility index (Phi) is 4.40. The monoisotopic (exact) mass is 273 g/mol. The number of urea groups is 1. The van der Waals surface area contributed by atoms with Crippen molar-refractivity contribution in [3.05, 3.63) is 35.9 Å². The zero-order chi connectivity index (χ0) is 14.5. The Bertz CT molecular complexity index is 535. The van der Waals surface area contributed by atoms with Gasteiger partial charge in [0, 0.05) is 25.4 Å². The van der Waals surface area contributed by atoms with Gasteiger partial charge in [-0.1, -0.05) is 6.08 Å².